The highest BCUT2D eigenvalue weighted by Crippen LogP contribution is 2.30. The van der Waals surface area contributed by atoms with Gasteiger partial charge in [0.05, 0.1) is 0 Å². The number of alkyl halides is 3. The van der Waals surface area contributed by atoms with Crippen molar-refractivity contribution in [2.24, 2.45) is 5.73 Å². The van der Waals surface area contributed by atoms with Crippen LogP contribution in [-0.2, 0) is 6.18 Å². The number of hydrogen-bond donors (Lipinski definition) is 1. The lowest BCUT2D eigenvalue weighted by Gasteiger charge is -2.24. The molecule has 0 saturated carbocycles. The number of nitrogens with zero attached hydrogens (tertiary/aromatic N) is 6. The Balaban J connectivity index is 2.04. The van der Waals surface area contributed by atoms with E-state index in [1.54, 1.807) is 13.8 Å². The molecule has 1 saturated heterocycles. The SMILES string of the molecule is Cc1c(N2CCCN(C(N)=O)CC2)nn2c(C(F)(F)F)nnc2c1C. The van der Waals surface area contributed by atoms with E-state index in [1.807, 2.05) is 4.90 Å². The number of aromatic nitrogens is 4. The summed E-state index contributed by atoms with van der Waals surface area (Å²) < 4.78 is 40.1. The van der Waals surface area contributed by atoms with Crippen molar-refractivity contribution >= 4 is 17.5 Å². The summed E-state index contributed by atoms with van der Waals surface area (Å²) in [5.41, 5.74) is 6.72. The molecule has 1 aliphatic heterocycles. The van der Waals surface area contributed by atoms with Crippen molar-refractivity contribution < 1.29 is 18.0 Å². The van der Waals surface area contributed by atoms with Crippen LogP contribution in [0.2, 0.25) is 0 Å². The lowest BCUT2D eigenvalue weighted by molar-refractivity contribution is -0.146. The highest BCUT2D eigenvalue weighted by molar-refractivity contribution is 5.72. The van der Waals surface area contributed by atoms with E-state index in [4.69, 9.17) is 5.73 Å². The quantitative estimate of drug-likeness (QED) is 0.832. The molecule has 2 amide bonds. The van der Waals surface area contributed by atoms with Crippen LogP contribution in [0.4, 0.5) is 23.8 Å². The van der Waals surface area contributed by atoms with E-state index in [2.05, 4.69) is 15.3 Å². The Morgan fingerprint density at radius 2 is 1.80 bits per heavy atom. The number of nitrogens with two attached hydrogens (primary N) is 1. The number of amides is 2. The highest BCUT2D eigenvalue weighted by Gasteiger charge is 2.38. The molecule has 0 radical (unpaired) electrons. The minimum atomic E-state index is -4.65. The average molecular weight is 357 g/mol. The summed E-state index contributed by atoms with van der Waals surface area (Å²) in [5, 5.41) is 11.0. The molecule has 0 spiro atoms. The van der Waals surface area contributed by atoms with Gasteiger partial charge in [-0.25, -0.2) is 4.79 Å². The van der Waals surface area contributed by atoms with Crippen LogP contribution in [-0.4, -0.2) is 56.9 Å². The summed E-state index contributed by atoms with van der Waals surface area (Å²) >= 11 is 0. The van der Waals surface area contributed by atoms with Crippen LogP contribution in [0.3, 0.4) is 0 Å². The van der Waals surface area contributed by atoms with E-state index in [0.29, 0.717) is 44.0 Å². The van der Waals surface area contributed by atoms with Crippen LogP contribution in [0.1, 0.15) is 23.4 Å². The first-order valence-electron chi connectivity index (χ1n) is 7.79. The average Bonchev–Trinajstić information content (AvgIpc) is 2.80. The molecule has 0 unspecified atom stereocenters. The van der Waals surface area contributed by atoms with Crippen LogP contribution in [0.15, 0.2) is 0 Å². The third-order valence-electron chi connectivity index (χ3n) is 4.43. The fourth-order valence-corrected chi connectivity index (χ4v) is 2.94. The maximum absolute atomic E-state index is 13.1. The lowest BCUT2D eigenvalue weighted by Crippen LogP contribution is -2.39. The first kappa shape index (κ1) is 17.2. The van der Waals surface area contributed by atoms with Crippen molar-refractivity contribution in [2.45, 2.75) is 26.4 Å². The van der Waals surface area contributed by atoms with E-state index in [1.165, 1.54) is 4.90 Å². The number of halogens is 3. The summed E-state index contributed by atoms with van der Waals surface area (Å²) in [6.45, 7) is 5.38. The normalized spacial score (nSPS) is 16.4. The van der Waals surface area contributed by atoms with Crippen molar-refractivity contribution in [2.75, 3.05) is 31.1 Å². The van der Waals surface area contributed by atoms with Crippen LogP contribution in [0, 0.1) is 13.8 Å². The van der Waals surface area contributed by atoms with Crippen LogP contribution in [0.25, 0.3) is 5.65 Å². The Morgan fingerprint density at radius 1 is 1.08 bits per heavy atom. The summed E-state index contributed by atoms with van der Waals surface area (Å²) in [6.07, 6.45) is -4.00. The molecule has 0 aliphatic carbocycles. The number of carbonyl (C=O) groups is 1. The lowest BCUT2D eigenvalue weighted by atomic mass is 10.1. The molecule has 0 atom stereocenters. The summed E-state index contributed by atoms with van der Waals surface area (Å²) in [5.74, 6) is -0.720. The summed E-state index contributed by atoms with van der Waals surface area (Å²) in [6, 6.07) is -0.503. The Hall–Kier alpha value is -2.59. The van der Waals surface area contributed by atoms with Crippen LogP contribution < -0.4 is 10.6 Å². The Labute approximate surface area is 141 Å². The number of anilines is 1. The van der Waals surface area contributed by atoms with E-state index in [-0.39, 0.29) is 5.65 Å². The van der Waals surface area contributed by atoms with Crippen molar-refractivity contribution in [3.8, 4) is 0 Å². The molecule has 136 valence electrons. The molecule has 2 aromatic heterocycles. The summed E-state index contributed by atoms with van der Waals surface area (Å²) in [4.78, 5) is 14.7. The van der Waals surface area contributed by atoms with Crippen molar-refractivity contribution in [3.63, 3.8) is 0 Å². The van der Waals surface area contributed by atoms with Gasteiger partial charge in [-0.3, -0.25) is 0 Å². The fourth-order valence-electron chi connectivity index (χ4n) is 2.94. The molecule has 2 N–H and O–H groups in total. The number of fused-ring (bicyclic) bond motifs is 1. The van der Waals surface area contributed by atoms with Gasteiger partial charge in [0.25, 0.3) is 5.82 Å². The summed E-state index contributed by atoms with van der Waals surface area (Å²) in [7, 11) is 0. The van der Waals surface area contributed by atoms with Gasteiger partial charge in [0.1, 0.15) is 0 Å². The number of carbonyl (C=O) groups excluding carboxylic acids is 1. The largest absolute Gasteiger partial charge is 0.453 e. The van der Waals surface area contributed by atoms with Gasteiger partial charge in [-0.15, -0.1) is 15.3 Å². The zero-order chi connectivity index (χ0) is 18.4. The molecule has 25 heavy (non-hydrogen) atoms. The smallest absolute Gasteiger partial charge is 0.353 e. The topological polar surface area (TPSA) is 92.7 Å². The van der Waals surface area contributed by atoms with Crippen molar-refractivity contribution in [1.82, 2.24) is 24.7 Å². The minimum absolute atomic E-state index is 0.0853. The standard InChI is InChI=1S/C14H18F3N7O/c1-8-9(2)11(22-4-3-5-23(7-6-22)13(18)25)21-24-10(8)19-20-12(24)14(15,16)17/h3-7H2,1-2H3,(H2,18,25). The van der Waals surface area contributed by atoms with E-state index in [9.17, 15) is 18.0 Å². The molecule has 0 bridgehead atoms. The third kappa shape index (κ3) is 3.05. The molecular formula is C14H18F3N7O. The Bertz CT molecular complexity index is 817. The van der Waals surface area contributed by atoms with Gasteiger partial charge in [-0.05, 0) is 20.3 Å². The molecule has 3 rings (SSSR count). The van der Waals surface area contributed by atoms with Gasteiger partial charge in [-0.2, -0.15) is 17.7 Å². The van der Waals surface area contributed by atoms with E-state index in [0.717, 1.165) is 10.1 Å². The van der Waals surface area contributed by atoms with Gasteiger partial charge in [0.15, 0.2) is 11.5 Å². The molecule has 11 heteroatoms. The Kier molecular flexibility index (Phi) is 4.17. The predicted octanol–water partition coefficient (Wildman–Crippen LogP) is 1.35. The van der Waals surface area contributed by atoms with Gasteiger partial charge in [0, 0.05) is 37.3 Å². The van der Waals surface area contributed by atoms with Crippen molar-refractivity contribution in [1.29, 1.82) is 0 Å². The zero-order valence-electron chi connectivity index (χ0n) is 13.8. The first-order chi connectivity index (χ1) is 11.7. The number of urea groups is 1. The minimum Gasteiger partial charge on any atom is -0.353 e. The van der Waals surface area contributed by atoms with Gasteiger partial charge in [0.2, 0.25) is 0 Å². The maximum Gasteiger partial charge on any atom is 0.453 e. The second kappa shape index (κ2) is 6.05. The monoisotopic (exact) mass is 357 g/mol. The molecule has 1 fully saturated rings. The molecule has 2 aromatic rings. The molecule has 3 heterocycles. The molecule has 1 aliphatic rings. The number of primary amides is 1. The Morgan fingerprint density at radius 3 is 2.44 bits per heavy atom. The van der Waals surface area contributed by atoms with E-state index >= 15 is 0 Å². The molecular weight excluding hydrogens is 339 g/mol. The predicted molar refractivity (Wildman–Crippen MR) is 83.2 cm³/mol. The maximum atomic E-state index is 13.1. The fraction of sp³-hybridized carbons (Fsp3) is 0.571. The van der Waals surface area contributed by atoms with E-state index < -0.39 is 18.0 Å². The molecule has 8 nitrogen and oxygen atoms in total. The van der Waals surface area contributed by atoms with Crippen LogP contribution in [0.5, 0.6) is 0 Å². The number of rotatable bonds is 1. The first-order valence-corrected chi connectivity index (χ1v) is 7.79. The third-order valence-corrected chi connectivity index (χ3v) is 4.43. The molecule has 0 aromatic carbocycles. The van der Waals surface area contributed by atoms with Crippen molar-refractivity contribution in [3.05, 3.63) is 17.0 Å². The second-order valence-corrected chi connectivity index (χ2v) is 6.00. The van der Waals surface area contributed by atoms with Gasteiger partial charge in [-0.1, -0.05) is 0 Å². The highest BCUT2D eigenvalue weighted by atomic mass is 19.4. The number of aryl methyl sites for hydroxylation is 1. The van der Waals surface area contributed by atoms with Gasteiger partial charge >= 0.3 is 12.2 Å². The second-order valence-electron chi connectivity index (χ2n) is 6.00. The van der Waals surface area contributed by atoms with Crippen LogP contribution >= 0.6 is 0 Å². The zero-order valence-corrected chi connectivity index (χ0v) is 13.8. The number of hydrogen-bond acceptors (Lipinski definition) is 5. The van der Waals surface area contributed by atoms with Gasteiger partial charge < -0.3 is 15.5 Å².